The third-order valence-electron chi connectivity index (χ3n) is 5.91. The Morgan fingerprint density at radius 2 is 1.73 bits per heavy atom. The monoisotopic (exact) mass is 427 g/mol. The first kappa shape index (κ1) is 23.5. The van der Waals surface area contributed by atoms with Gasteiger partial charge in [0.25, 0.3) is 0 Å². The number of nitrogens with two attached hydrogens (primary N) is 2. The van der Waals surface area contributed by atoms with Crippen molar-refractivity contribution in [2.75, 3.05) is 0 Å². The number of ether oxygens (including phenoxy) is 2. The molecule has 10 nitrogen and oxygen atoms in total. The van der Waals surface area contributed by atoms with Gasteiger partial charge in [-0.25, -0.2) is 0 Å². The molecule has 0 aromatic heterocycles. The first-order valence-electron chi connectivity index (χ1n) is 10.2. The van der Waals surface area contributed by atoms with Gasteiger partial charge in [0.1, 0.15) is 30.5 Å². The fourth-order valence-electron chi connectivity index (χ4n) is 4.07. The smallest absolute Gasteiger partial charge is 0.176 e. The van der Waals surface area contributed by atoms with Gasteiger partial charge in [-0.15, -0.1) is 0 Å². The minimum absolute atomic E-state index is 0.322. The fraction of sp³-hybridized carbons (Fsp3) is 0.700. The third-order valence-corrected chi connectivity index (χ3v) is 5.91. The zero-order valence-corrected chi connectivity index (χ0v) is 16.9. The molecule has 10 heteroatoms. The molecule has 30 heavy (non-hydrogen) atoms. The maximum absolute atomic E-state index is 10.6. The van der Waals surface area contributed by atoms with Crippen LogP contribution < -0.4 is 16.8 Å². The van der Waals surface area contributed by atoms with Crippen molar-refractivity contribution in [2.24, 2.45) is 11.5 Å². The zero-order chi connectivity index (χ0) is 22.0. The predicted molar refractivity (Wildman–Crippen MR) is 107 cm³/mol. The van der Waals surface area contributed by atoms with Crippen LogP contribution in [0.1, 0.15) is 18.9 Å². The van der Waals surface area contributed by atoms with Gasteiger partial charge >= 0.3 is 0 Å². The van der Waals surface area contributed by atoms with Crippen molar-refractivity contribution in [3.05, 3.63) is 35.9 Å². The SMILES string of the molecule is C[C@@H](O)C1O[C@H](O[C@@H]2C(N)C[C@@H](NCc3ccccc3)C(O)[C@H]2O)C(N)[C@@H](O)[C@@H]1O. The lowest BCUT2D eigenvalue weighted by molar-refractivity contribution is -0.301. The summed E-state index contributed by atoms with van der Waals surface area (Å²) in [6, 6.07) is 7.41. The normalized spacial score (nSPS) is 43.3. The molecule has 170 valence electrons. The van der Waals surface area contributed by atoms with Crippen LogP contribution in [0.2, 0.25) is 0 Å². The third kappa shape index (κ3) is 5.00. The molecule has 0 radical (unpaired) electrons. The highest BCUT2D eigenvalue weighted by Gasteiger charge is 2.49. The maximum Gasteiger partial charge on any atom is 0.176 e. The first-order chi connectivity index (χ1) is 14.2. The average Bonchev–Trinajstić information content (AvgIpc) is 2.73. The molecule has 1 aromatic rings. The summed E-state index contributed by atoms with van der Waals surface area (Å²) in [5.41, 5.74) is 13.2. The molecule has 0 spiro atoms. The van der Waals surface area contributed by atoms with Crippen molar-refractivity contribution >= 4 is 0 Å². The first-order valence-corrected chi connectivity index (χ1v) is 10.2. The van der Waals surface area contributed by atoms with E-state index in [2.05, 4.69) is 5.32 Å². The van der Waals surface area contributed by atoms with E-state index in [1.165, 1.54) is 6.92 Å². The molecule has 0 amide bonds. The lowest BCUT2D eigenvalue weighted by Crippen LogP contribution is -2.68. The number of nitrogens with one attached hydrogen (secondary N) is 1. The Bertz CT molecular complexity index is 667. The van der Waals surface area contributed by atoms with Gasteiger partial charge in [0.15, 0.2) is 6.29 Å². The van der Waals surface area contributed by atoms with Gasteiger partial charge in [-0.2, -0.15) is 0 Å². The van der Waals surface area contributed by atoms with E-state index >= 15 is 0 Å². The van der Waals surface area contributed by atoms with Gasteiger partial charge in [-0.1, -0.05) is 30.3 Å². The largest absolute Gasteiger partial charge is 0.391 e. The zero-order valence-electron chi connectivity index (χ0n) is 16.9. The number of rotatable bonds is 6. The molecule has 2 aliphatic rings. The fourth-order valence-corrected chi connectivity index (χ4v) is 4.07. The van der Waals surface area contributed by atoms with E-state index < -0.39 is 67.1 Å². The summed E-state index contributed by atoms with van der Waals surface area (Å²) in [6.07, 6.45) is -9.39. The number of aliphatic hydroxyl groups is 5. The molecule has 1 aliphatic heterocycles. The summed E-state index contributed by atoms with van der Waals surface area (Å²) < 4.78 is 11.3. The number of hydrogen-bond donors (Lipinski definition) is 8. The van der Waals surface area contributed by atoms with Crippen molar-refractivity contribution in [3.8, 4) is 0 Å². The van der Waals surface area contributed by atoms with Gasteiger partial charge in [0.05, 0.1) is 18.2 Å². The van der Waals surface area contributed by atoms with Crippen LogP contribution in [0.5, 0.6) is 0 Å². The van der Waals surface area contributed by atoms with Gasteiger partial charge in [-0.3, -0.25) is 0 Å². The van der Waals surface area contributed by atoms with E-state index in [-0.39, 0.29) is 0 Å². The highest BCUT2D eigenvalue weighted by Crippen LogP contribution is 2.28. The van der Waals surface area contributed by atoms with Gasteiger partial charge in [0.2, 0.25) is 0 Å². The Kier molecular flexibility index (Phi) is 7.80. The van der Waals surface area contributed by atoms with E-state index in [9.17, 15) is 25.5 Å². The Balaban J connectivity index is 1.63. The Morgan fingerprint density at radius 1 is 1.07 bits per heavy atom. The van der Waals surface area contributed by atoms with Gasteiger partial charge < -0.3 is 51.8 Å². The van der Waals surface area contributed by atoms with E-state index in [0.717, 1.165) is 5.56 Å². The van der Waals surface area contributed by atoms with Crippen molar-refractivity contribution in [1.29, 1.82) is 0 Å². The van der Waals surface area contributed by atoms with Crippen LogP contribution in [0.4, 0.5) is 0 Å². The van der Waals surface area contributed by atoms with Crippen molar-refractivity contribution in [1.82, 2.24) is 5.32 Å². The summed E-state index contributed by atoms with van der Waals surface area (Å²) in [6.45, 7) is 1.91. The van der Waals surface area contributed by atoms with Crippen LogP contribution in [-0.2, 0) is 16.0 Å². The molecule has 0 bridgehead atoms. The Morgan fingerprint density at radius 3 is 2.37 bits per heavy atom. The van der Waals surface area contributed by atoms with E-state index in [4.69, 9.17) is 20.9 Å². The standard InChI is InChI=1S/C20H33N3O7/c1-9(24)18-17(28)15(26)13(22)20(29-18)30-19-11(21)7-12(14(25)16(19)27)23-8-10-5-3-2-4-6-10/h2-6,9,11-20,23-28H,7-8,21-22H2,1H3/t9-,11?,12-,13?,14?,15-,16-,17+,18?,19-,20-/m1/s1. The molecule has 1 saturated carbocycles. The highest BCUT2D eigenvalue weighted by atomic mass is 16.7. The maximum atomic E-state index is 10.6. The molecule has 1 aliphatic carbocycles. The lowest BCUT2D eigenvalue weighted by Gasteiger charge is -2.47. The molecule has 1 heterocycles. The van der Waals surface area contributed by atoms with Crippen molar-refractivity contribution < 1.29 is 35.0 Å². The van der Waals surface area contributed by atoms with Crippen molar-refractivity contribution in [3.63, 3.8) is 0 Å². The van der Waals surface area contributed by atoms with Crippen LogP contribution in [0.25, 0.3) is 0 Å². The van der Waals surface area contributed by atoms with Crippen molar-refractivity contribution in [2.45, 2.75) is 87.0 Å². The van der Waals surface area contributed by atoms with E-state index in [1.807, 2.05) is 30.3 Å². The Labute approximate surface area is 175 Å². The predicted octanol–water partition coefficient (Wildman–Crippen LogP) is -2.86. The second kappa shape index (κ2) is 9.96. The second-order valence-electron chi connectivity index (χ2n) is 8.22. The van der Waals surface area contributed by atoms with Gasteiger partial charge in [0, 0.05) is 18.6 Å². The molecule has 10 N–H and O–H groups in total. The number of benzene rings is 1. The van der Waals surface area contributed by atoms with Gasteiger partial charge in [-0.05, 0) is 18.9 Å². The van der Waals surface area contributed by atoms with Crippen LogP contribution in [0.15, 0.2) is 30.3 Å². The molecule has 3 rings (SSSR count). The summed E-state index contributed by atoms with van der Waals surface area (Å²) in [5, 5.41) is 54.4. The molecular weight excluding hydrogens is 394 g/mol. The van der Waals surface area contributed by atoms with Crippen LogP contribution in [-0.4, -0.2) is 92.7 Å². The lowest BCUT2D eigenvalue weighted by atomic mass is 9.84. The quantitative estimate of drug-likeness (QED) is 0.235. The van der Waals surface area contributed by atoms with Crippen LogP contribution in [0.3, 0.4) is 0 Å². The topological polar surface area (TPSA) is 184 Å². The van der Waals surface area contributed by atoms with Crippen LogP contribution in [0, 0.1) is 0 Å². The summed E-state index contributed by atoms with van der Waals surface area (Å²) >= 11 is 0. The highest BCUT2D eigenvalue weighted by molar-refractivity contribution is 5.14. The molecular formula is C20H33N3O7. The molecule has 2 fully saturated rings. The molecule has 4 unspecified atom stereocenters. The Hall–Kier alpha value is -1.18. The minimum Gasteiger partial charge on any atom is -0.391 e. The number of hydrogen-bond acceptors (Lipinski definition) is 10. The molecule has 11 atom stereocenters. The minimum atomic E-state index is -1.40. The molecule has 1 aromatic carbocycles. The van der Waals surface area contributed by atoms with E-state index in [1.54, 1.807) is 0 Å². The second-order valence-corrected chi connectivity index (χ2v) is 8.22. The molecule has 1 saturated heterocycles. The van der Waals surface area contributed by atoms with Crippen LogP contribution >= 0.6 is 0 Å². The van der Waals surface area contributed by atoms with E-state index in [0.29, 0.717) is 13.0 Å². The number of aliphatic hydroxyl groups excluding tert-OH is 5. The summed E-state index contributed by atoms with van der Waals surface area (Å²) in [5.74, 6) is 0. The summed E-state index contributed by atoms with van der Waals surface area (Å²) in [4.78, 5) is 0. The average molecular weight is 427 g/mol. The summed E-state index contributed by atoms with van der Waals surface area (Å²) in [7, 11) is 0.